The van der Waals surface area contributed by atoms with Gasteiger partial charge in [-0.1, -0.05) is 21.6 Å². The van der Waals surface area contributed by atoms with E-state index in [1.807, 2.05) is 0 Å². The molecule has 28 valence electrons. The summed E-state index contributed by atoms with van der Waals surface area (Å²) in [7, 11) is 4.11. The molecule has 1 saturated heterocycles. The minimum Gasteiger partial charge on any atom is -0.0739 e. The van der Waals surface area contributed by atoms with E-state index < -0.39 is 0 Å². The summed E-state index contributed by atoms with van der Waals surface area (Å²) in [4.78, 5) is 0. The van der Waals surface area contributed by atoms with Gasteiger partial charge in [0.25, 0.3) is 0 Å². The van der Waals surface area contributed by atoms with Gasteiger partial charge < -0.3 is 0 Å². The SMILES string of the molecule is C1CC12SS2. The maximum Gasteiger partial charge on any atom is 0.0820 e. The fourth-order valence-corrected chi connectivity index (χ4v) is 2.34. The largest absolute Gasteiger partial charge is 0.0820 e. The average Bonchev–Trinajstić information content (AvgIpc) is 2.17. The molecule has 2 rings (SSSR count). The van der Waals surface area contributed by atoms with Crippen LogP contribution in [0.15, 0.2) is 0 Å². The molecule has 0 aromatic heterocycles. The fourth-order valence-electron chi connectivity index (χ4n) is 0.328. The molecule has 0 nitrogen and oxygen atoms in total. The van der Waals surface area contributed by atoms with Crippen LogP contribution in [0.5, 0.6) is 0 Å². The molecule has 1 aliphatic heterocycles. The van der Waals surface area contributed by atoms with E-state index in [1.165, 1.54) is 12.8 Å². The summed E-state index contributed by atoms with van der Waals surface area (Å²) in [6.07, 6.45) is 2.98. The summed E-state index contributed by atoms with van der Waals surface area (Å²) in [5.41, 5.74) is 0. The molecule has 0 aromatic carbocycles. The third-order valence-corrected chi connectivity index (χ3v) is 4.35. The topological polar surface area (TPSA) is 0 Å². The van der Waals surface area contributed by atoms with Gasteiger partial charge in [0.15, 0.2) is 0 Å². The molecule has 1 spiro atoms. The second kappa shape index (κ2) is 0.562. The summed E-state index contributed by atoms with van der Waals surface area (Å²) >= 11 is 0. The molecular formula is C3H4S2. The molecule has 5 heavy (non-hydrogen) atoms. The molecule has 0 unspecified atom stereocenters. The molecule has 1 aliphatic carbocycles. The highest BCUT2D eigenvalue weighted by Gasteiger charge is 2.56. The third-order valence-electron chi connectivity index (χ3n) is 0.977. The standard InChI is InChI=1S/C3H4S2/c1-2-3(1)4-5-3/h1-2H2. The molecule has 1 saturated carbocycles. The molecule has 2 heteroatoms. The lowest BCUT2D eigenvalue weighted by Gasteiger charge is -1.53. The van der Waals surface area contributed by atoms with E-state index in [2.05, 4.69) is 21.6 Å². The number of hydrogen-bond donors (Lipinski definition) is 0. The number of rotatable bonds is 0. The van der Waals surface area contributed by atoms with Crippen LogP contribution in [0.25, 0.3) is 0 Å². The van der Waals surface area contributed by atoms with Crippen LogP contribution in [-0.2, 0) is 0 Å². The van der Waals surface area contributed by atoms with Gasteiger partial charge in [0.05, 0.1) is 4.08 Å². The molecule has 2 aliphatic rings. The van der Waals surface area contributed by atoms with Crippen LogP contribution < -0.4 is 0 Å². The van der Waals surface area contributed by atoms with Crippen LogP contribution in [0.4, 0.5) is 0 Å². The minimum atomic E-state index is 0.833. The van der Waals surface area contributed by atoms with Crippen molar-refractivity contribution in [2.45, 2.75) is 16.9 Å². The van der Waals surface area contributed by atoms with Gasteiger partial charge >= 0.3 is 0 Å². The van der Waals surface area contributed by atoms with Crippen LogP contribution in [0.1, 0.15) is 12.8 Å². The predicted molar refractivity (Wildman–Crippen MR) is 27.1 cm³/mol. The van der Waals surface area contributed by atoms with Gasteiger partial charge in [0.1, 0.15) is 0 Å². The summed E-state index contributed by atoms with van der Waals surface area (Å²) in [5, 5.41) is 0. The van der Waals surface area contributed by atoms with E-state index in [1.54, 1.807) is 0 Å². The van der Waals surface area contributed by atoms with E-state index in [-0.39, 0.29) is 0 Å². The molecule has 0 bridgehead atoms. The van der Waals surface area contributed by atoms with Crippen molar-refractivity contribution in [3.63, 3.8) is 0 Å². The first-order valence-electron chi connectivity index (χ1n) is 1.78. The highest BCUT2D eigenvalue weighted by atomic mass is 33.2. The third kappa shape index (κ3) is 0.299. The summed E-state index contributed by atoms with van der Waals surface area (Å²) in [6, 6.07) is 0. The minimum absolute atomic E-state index is 0.833. The lowest BCUT2D eigenvalue weighted by Crippen LogP contribution is -1.56. The monoisotopic (exact) mass is 104 g/mol. The first-order chi connectivity index (χ1) is 2.41. The summed E-state index contributed by atoms with van der Waals surface area (Å²) in [6.45, 7) is 0. The first-order valence-corrected chi connectivity index (χ1v) is 3.93. The molecule has 2 fully saturated rings. The Kier molecular flexibility index (Phi) is 0.315. The van der Waals surface area contributed by atoms with Gasteiger partial charge in [0, 0.05) is 0 Å². The van der Waals surface area contributed by atoms with Gasteiger partial charge in [-0.25, -0.2) is 0 Å². The van der Waals surface area contributed by atoms with E-state index >= 15 is 0 Å². The Morgan fingerprint density at radius 2 is 1.80 bits per heavy atom. The lowest BCUT2D eigenvalue weighted by molar-refractivity contribution is 1.47. The highest BCUT2D eigenvalue weighted by Crippen LogP contribution is 2.78. The molecule has 0 atom stereocenters. The zero-order valence-electron chi connectivity index (χ0n) is 2.73. The van der Waals surface area contributed by atoms with Crippen molar-refractivity contribution in [1.29, 1.82) is 0 Å². The maximum atomic E-state index is 2.05. The van der Waals surface area contributed by atoms with E-state index in [4.69, 9.17) is 0 Å². The molecule has 1 heterocycles. The second-order valence-electron chi connectivity index (χ2n) is 1.58. The highest BCUT2D eigenvalue weighted by molar-refractivity contribution is 8.93. The van der Waals surface area contributed by atoms with Crippen LogP contribution >= 0.6 is 21.6 Å². The van der Waals surface area contributed by atoms with Gasteiger partial charge in [-0.3, -0.25) is 0 Å². The Labute approximate surface area is 39.1 Å². The van der Waals surface area contributed by atoms with E-state index in [9.17, 15) is 0 Å². The van der Waals surface area contributed by atoms with Crippen molar-refractivity contribution in [3.8, 4) is 0 Å². The Hall–Kier alpha value is 0.700. The van der Waals surface area contributed by atoms with E-state index in [0.29, 0.717) is 0 Å². The lowest BCUT2D eigenvalue weighted by atomic mass is 11.0. The summed E-state index contributed by atoms with van der Waals surface area (Å²) in [5.74, 6) is 0. The van der Waals surface area contributed by atoms with E-state index in [0.717, 1.165) is 4.08 Å². The Morgan fingerprint density at radius 3 is 1.80 bits per heavy atom. The molecule has 0 N–H and O–H groups in total. The van der Waals surface area contributed by atoms with Crippen LogP contribution in [0.3, 0.4) is 0 Å². The maximum absolute atomic E-state index is 2.05. The quantitative estimate of drug-likeness (QED) is 0.340. The van der Waals surface area contributed by atoms with Gasteiger partial charge in [-0.2, -0.15) is 0 Å². The van der Waals surface area contributed by atoms with Crippen molar-refractivity contribution in [2.24, 2.45) is 0 Å². The van der Waals surface area contributed by atoms with Crippen molar-refractivity contribution >= 4 is 21.6 Å². The van der Waals surface area contributed by atoms with Crippen molar-refractivity contribution in [2.75, 3.05) is 0 Å². The molecule has 0 amide bonds. The van der Waals surface area contributed by atoms with Crippen molar-refractivity contribution in [1.82, 2.24) is 0 Å². The molecule has 0 aromatic rings. The first kappa shape index (κ1) is 2.80. The van der Waals surface area contributed by atoms with Crippen LogP contribution in [0.2, 0.25) is 0 Å². The fraction of sp³-hybridized carbons (Fsp3) is 1.00. The number of hydrogen-bond acceptors (Lipinski definition) is 2. The molecular weight excluding hydrogens is 100 g/mol. The van der Waals surface area contributed by atoms with Crippen LogP contribution in [-0.4, -0.2) is 4.08 Å². The van der Waals surface area contributed by atoms with Crippen molar-refractivity contribution < 1.29 is 0 Å². The smallest absolute Gasteiger partial charge is 0.0739 e. The van der Waals surface area contributed by atoms with Crippen molar-refractivity contribution in [3.05, 3.63) is 0 Å². The van der Waals surface area contributed by atoms with Gasteiger partial charge in [0.2, 0.25) is 0 Å². The normalized spacial score (nSPS) is 38.4. The second-order valence-corrected chi connectivity index (χ2v) is 4.73. The average molecular weight is 104 g/mol. The van der Waals surface area contributed by atoms with Gasteiger partial charge in [-0.05, 0) is 12.8 Å². The Balaban J connectivity index is 2.30. The summed E-state index contributed by atoms with van der Waals surface area (Å²) < 4.78 is 0.833. The zero-order valence-corrected chi connectivity index (χ0v) is 4.36. The van der Waals surface area contributed by atoms with Crippen LogP contribution in [0, 0.1) is 0 Å². The predicted octanol–water partition coefficient (Wildman–Crippen LogP) is 1.87. The zero-order chi connectivity index (χ0) is 3.33. The molecule has 0 radical (unpaired) electrons. The Bertz CT molecular complexity index is 47.8. The Morgan fingerprint density at radius 1 is 1.20 bits per heavy atom. The van der Waals surface area contributed by atoms with Gasteiger partial charge in [-0.15, -0.1) is 0 Å².